The number of hydrogen-bond donors (Lipinski definition) is 3. The SMILES string of the molecule is CCOC(=O)CNc1c(-c2ccc(OC)c([N+](=O)[O-])c2)nc2c(C(=O)NC(C)C(=O)O)cccn12. The number of nitrogens with zero attached hydrogens (tertiary/aromatic N) is 3. The van der Waals surface area contributed by atoms with Gasteiger partial charge in [0.25, 0.3) is 5.91 Å². The van der Waals surface area contributed by atoms with E-state index in [0.29, 0.717) is 5.56 Å². The lowest BCUT2D eigenvalue weighted by Crippen LogP contribution is -2.38. The zero-order valence-corrected chi connectivity index (χ0v) is 19.1. The second kappa shape index (κ2) is 10.5. The average Bonchev–Trinajstić information content (AvgIpc) is 3.20. The minimum atomic E-state index is -1.21. The minimum Gasteiger partial charge on any atom is -0.490 e. The topological polar surface area (TPSA) is 174 Å². The predicted molar refractivity (Wildman–Crippen MR) is 124 cm³/mol. The molecule has 0 aliphatic carbocycles. The lowest BCUT2D eigenvalue weighted by Gasteiger charge is -2.11. The minimum absolute atomic E-state index is 0.0475. The van der Waals surface area contributed by atoms with E-state index in [2.05, 4.69) is 15.6 Å². The molecule has 35 heavy (non-hydrogen) atoms. The van der Waals surface area contributed by atoms with Crippen LogP contribution in [-0.4, -0.2) is 63.6 Å². The van der Waals surface area contributed by atoms with Crippen molar-refractivity contribution in [3.8, 4) is 17.0 Å². The number of ether oxygens (including phenoxy) is 2. The van der Waals surface area contributed by atoms with Gasteiger partial charge >= 0.3 is 17.6 Å². The van der Waals surface area contributed by atoms with Crippen LogP contribution in [0.1, 0.15) is 24.2 Å². The number of imidazole rings is 1. The number of benzene rings is 1. The first-order valence-corrected chi connectivity index (χ1v) is 10.4. The fourth-order valence-corrected chi connectivity index (χ4v) is 3.30. The van der Waals surface area contributed by atoms with E-state index >= 15 is 0 Å². The van der Waals surface area contributed by atoms with Crippen LogP contribution >= 0.6 is 0 Å². The van der Waals surface area contributed by atoms with Gasteiger partial charge < -0.3 is 25.2 Å². The van der Waals surface area contributed by atoms with E-state index in [1.807, 2.05) is 0 Å². The lowest BCUT2D eigenvalue weighted by molar-refractivity contribution is -0.385. The molecule has 0 bridgehead atoms. The Bertz CT molecular complexity index is 1300. The molecule has 1 aromatic carbocycles. The smallest absolute Gasteiger partial charge is 0.325 e. The first-order chi connectivity index (χ1) is 16.7. The fourth-order valence-electron chi connectivity index (χ4n) is 3.30. The van der Waals surface area contributed by atoms with Gasteiger partial charge in [-0.1, -0.05) is 0 Å². The highest BCUT2D eigenvalue weighted by Gasteiger charge is 2.24. The van der Waals surface area contributed by atoms with E-state index in [1.54, 1.807) is 25.3 Å². The van der Waals surface area contributed by atoms with Crippen LogP contribution in [0.25, 0.3) is 16.9 Å². The van der Waals surface area contributed by atoms with E-state index in [9.17, 15) is 24.5 Å². The zero-order chi connectivity index (χ0) is 25.7. The van der Waals surface area contributed by atoms with Crippen molar-refractivity contribution in [2.75, 3.05) is 25.6 Å². The molecule has 0 saturated carbocycles. The summed E-state index contributed by atoms with van der Waals surface area (Å²) in [5.74, 6) is -2.12. The number of carbonyl (C=O) groups excluding carboxylic acids is 2. The van der Waals surface area contributed by atoms with Gasteiger partial charge in [0.15, 0.2) is 11.4 Å². The van der Waals surface area contributed by atoms with Gasteiger partial charge in [-0.05, 0) is 38.1 Å². The second-order valence-electron chi connectivity index (χ2n) is 7.26. The summed E-state index contributed by atoms with van der Waals surface area (Å²) in [5, 5.41) is 25.9. The maximum absolute atomic E-state index is 12.8. The Kier molecular flexibility index (Phi) is 7.49. The maximum atomic E-state index is 12.8. The van der Waals surface area contributed by atoms with E-state index in [1.165, 1.54) is 36.6 Å². The van der Waals surface area contributed by atoms with Crippen LogP contribution in [0.4, 0.5) is 11.5 Å². The third kappa shape index (κ3) is 5.29. The van der Waals surface area contributed by atoms with Crippen LogP contribution in [0, 0.1) is 10.1 Å². The number of amides is 1. The normalized spacial score (nSPS) is 11.5. The summed E-state index contributed by atoms with van der Waals surface area (Å²) in [6.45, 7) is 2.92. The molecule has 3 N–H and O–H groups in total. The van der Waals surface area contributed by atoms with Crippen molar-refractivity contribution in [1.82, 2.24) is 14.7 Å². The van der Waals surface area contributed by atoms with E-state index in [0.717, 1.165) is 0 Å². The third-order valence-corrected chi connectivity index (χ3v) is 4.97. The summed E-state index contributed by atoms with van der Waals surface area (Å²) in [5.41, 5.74) is 0.438. The van der Waals surface area contributed by atoms with Gasteiger partial charge in [0.05, 0.1) is 24.2 Å². The third-order valence-electron chi connectivity index (χ3n) is 4.97. The number of aliphatic carboxylic acids is 1. The molecule has 3 rings (SSSR count). The summed E-state index contributed by atoms with van der Waals surface area (Å²) in [4.78, 5) is 51.4. The first kappa shape index (κ1) is 25.0. The molecule has 1 amide bonds. The number of rotatable bonds is 10. The second-order valence-corrected chi connectivity index (χ2v) is 7.26. The van der Waals surface area contributed by atoms with Crippen molar-refractivity contribution in [1.29, 1.82) is 0 Å². The first-order valence-electron chi connectivity index (χ1n) is 10.4. The highest BCUT2D eigenvalue weighted by atomic mass is 16.6. The van der Waals surface area contributed by atoms with Gasteiger partial charge in [0.1, 0.15) is 24.1 Å². The molecule has 0 spiro atoms. The Morgan fingerprint density at radius 3 is 2.66 bits per heavy atom. The van der Waals surface area contributed by atoms with Crippen LogP contribution in [0.5, 0.6) is 5.75 Å². The summed E-state index contributed by atoms with van der Waals surface area (Å²) >= 11 is 0. The summed E-state index contributed by atoms with van der Waals surface area (Å²) in [6.07, 6.45) is 1.58. The van der Waals surface area contributed by atoms with Gasteiger partial charge in [-0.2, -0.15) is 0 Å². The van der Waals surface area contributed by atoms with Crippen molar-refractivity contribution in [3.63, 3.8) is 0 Å². The van der Waals surface area contributed by atoms with Crippen LogP contribution in [0.3, 0.4) is 0 Å². The number of carboxylic acid groups (broad SMARTS) is 1. The highest BCUT2D eigenvalue weighted by Crippen LogP contribution is 2.36. The van der Waals surface area contributed by atoms with Gasteiger partial charge in [-0.25, -0.2) is 4.98 Å². The van der Waals surface area contributed by atoms with Crippen LogP contribution < -0.4 is 15.4 Å². The molecule has 0 aliphatic heterocycles. The number of nitro groups is 1. The molecule has 0 radical (unpaired) electrons. The quantitative estimate of drug-likeness (QED) is 0.219. The van der Waals surface area contributed by atoms with Crippen LogP contribution in [0.2, 0.25) is 0 Å². The van der Waals surface area contributed by atoms with Gasteiger partial charge in [-0.3, -0.25) is 28.9 Å². The van der Waals surface area contributed by atoms with Crippen molar-refractivity contribution in [2.24, 2.45) is 0 Å². The zero-order valence-electron chi connectivity index (χ0n) is 19.1. The van der Waals surface area contributed by atoms with E-state index in [-0.39, 0.29) is 47.3 Å². The number of carbonyl (C=O) groups is 3. The summed E-state index contributed by atoms with van der Waals surface area (Å²) in [6, 6.07) is 6.08. The highest BCUT2D eigenvalue weighted by molar-refractivity contribution is 6.02. The molecule has 3 aromatic rings. The number of hydrogen-bond acceptors (Lipinski definition) is 9. The Morgan fingerprint density at radius 2 is 2.03 bits per heavy atom. The maximum Gasteiger partial charge on any atom is 0.325 e. The number of nitrogens with one attached hydrogen (secondary N) is 2. The molecule has 13 nitrogen and oxygen atoms in total. The number of esters is 1. The lowest BCUT2D eigenvalue weighted by atomic mass is 10.1. The van der Waals surface area contributed by atoms with Crippen LogP contribution in [-0.2, 0) is 14.3 Å². The molecule has 1 atom stereocenters. The largest absolute Gasteiger partial charge is 0.490 e. The van der Waals surface area contributed by atoms with Crippen LogP contribution in [0.15, 0.2) is 36.5 Å². The fraction of sp³-hybridized carbons (Fsp3) is 0.273. The molecule has 0 saturated heterocycles. The number of anilines is 1. The predicted octanol–water partition coefficient (Wildman–Crippen LogP) is 2.10. The van der Waals surface area contributed by atoms with Crippen molar-refractivity contribution >= 4 is 35.0 Å². The molecule has 184 valence electrons. The van der Waals surface area contributed by atoms with Crippen molar-refractivity contribution in [2.45, 2.75) is 19.9 Å². The number of pyridine rings is 1. The number of fused-ring (bicyclic) bond motifs is 1. The molecule has 2 aromatic heterocycles. The summed E-state index contributed by atoms with van der Waals surface area (Å²) in [7, 11) is 1.31. The molecule has 0 fully saturated rings. The molecule has 1 unspecified atom stereocenters. The Hall–Kier alpha value is -4.68. The molecular formula is C22H23N5O8. The molecular weight excluding hydrogens is 462 g/mol. The molecule has 13 heteroatoms. The monoisotopic (exact) mass is 485 g/mol. The van der Waals surface area contributed by atoms with Crippen molar-refractivity contribution < 1.29 is 33.9 Å². The Labute approximate surface area is 198 Å². The standard InChI is InChI=1S/C22H23N5O8/c1-4-35-17(28)11-23-20-18(13-7-8-16(34-3)15(10-13)27(32)33)25-19-14(6-5-9-26(19)20)21(29)24-12(2)22(30)31/h5-10,12,23H,4,11H2,1-3H3,(H,24,29)(H,30,31). The number of nitro benzene ring substituents is 1. The Morgan fingerprint density at radius 1 is 1.29 bits per heavy atom. The molecule has 2 heterocycles. The van der Waals surface area contributed by atoms with Gasteiger partial charge in [0, 0.05) is 17.8 Å². The van der Waals surface area contributed by atoms with E-state index < -0.39 is 28.8 Å². The molecule has 0 aliphatic rings. The summed E-state index contributed by atoms with van der Waals surface area (Å²) < 4.78 is 11.5. The number of aromatic nitrogens is 2. The van der Waals surface area contributed by atoms with Gasteiger partial charge in [0.2, 0.25) is 0 Å². The van der Waals surface area contributed by atoms with Crippen molar-refractivity contribution in [3.05, 3.63) is 52.2 Å². The number of methoxy groups -OCH3 is 1. The van der Waals surface area contributed by atoms with Gasteiger partial charge in [-0.15, -0.1) is 0 Å². The number of carboxylic acids is 1. The van der Waals surface area contributed by atoms with E-state index in [4.69, 9.17) is 14.6 Å². The average molecular weight is 485 g/mol. The Balaban J connectivity index is 2.17.